The van der Waals surface area contributed by atoms with Crippen molar-refractivity contribution in [1.29, 1.82) is 0 Å². The van der Waals surface area contributed by atoms with E-state index in [0.717, 1.165) is 12.8 Å². The number of carbonyl (C=O) groups excluding carboxylic acids is 2. The van der Waals surface area contributed by atoms with Crippen molar-refractivity contribution < 1.29 is 19.1 Å². The zero-order valence-corrected chi connectivity index (χ0v) is 18.8. The number of allylic oxidation sites excluding steroid dienone is 4. The number of methoxy groups -OCH3 is 2. The predicted octanol–water partition coefficient (Wildman–Crippen LogP) is 5.72. The molecule has 1 rings (SSSR count). The fourth-order valence-electron chi connectivity index (χ4n) is 3.18. The molecule has 0 N–H and O–H groups in total. The Morgan fingerprint density at radius 2 is 1.67 bits per heavy atom. The quantitative estimate of drug-likeness (QED) is 0.437. The maximum Gasteiger partial charge on any atom is 0.309 e. The lowest BCUT2D eigenvalue weighted by Gasteiger charge is -2.30. The summed E-state index contributed by atoms with van der Waals surface area (Å²) in [4.78, 5) is 24.1. The molecule has 27 heavy (non-hydrogen) atoms. The van der Waals surface area contributed by atoms with Crippen LogP contribution in [0.25, 0.3) is 0 Å². The molecule has 0 amide bonds. The molecule has 0 saturated heterocycles. The zero-order valence-electron chi connectivity index (χ0n) is 18.8. The third kappa shape index (κ3) is 7.90. The summed E-state index contributed by atoms with van der Waals surface area (Å²) in [6.07, 6.45) is 7.61. The van der Waals surface area contributed by atoms with E-state index in [4.69, 9.17) is 9.47 Å². The van der Waals surface area contributed by atoms with Gasteiger partial charge < -0.3 is 9.47 Å². The highest BCUT2D eigenvalue weighted by Crippen LogP contribution is 2.36. The molecule has 4 heteroatoms. The van der Waals surface area contributed by atoms with Gasteiger partial charge in [-0.25, -0.2) is 0 Å². The van der Waals surface area contributed by atoms with Gasteiger partial charge in [-0.3, -0.25) is 9.59 Å². The minimum Gasteiger partial charge on any atom is -0.469 e. The van der Waals surface area contributed by atoms with Crippen molar-refractivity contribution in [3.05, 3.63) is 23.3 Å². The number of esters is 2. The fourth-order valence-corrected chi connectivity index (χ4v) is 3.18. The van der Waals surface area contributed by atoms with E-state index in [1.165, 1.54) is 25.4 Å². The van der Waals surface area contributed by atoms with Crippen LogP contribution in [0, 0.1) is 23.2 Å². The van der Waals surface area contributed by atoms with Crippen LogP contribution >= 0.6 is 0 Å². The second kappa shape index (κ2) is 12.0. The molecule has 0 aliphatic heterocycles. The zero-order chi connectivity index (χ0) is 21.2. The number of rotatable bonds is 6. The lowest BCUT2D eigenvalue weighted by Crippen LogP contribution is -2.34. The molecule has 0 fully saturated rings. The Bertz CT molecular complexity index is 537. The summed E-state index contributed by atoms with van der Waals surface area (Å²) in [5.74, 6) is -1.14. The smallest absolute Gasteiger partial charge is 0.309 e. The van der Waals surface area contributed by atoms with Gasteiger partial charge in [-0.2, -0.15) is 0 Å². The third-order valence-corrected chi connectivity index (χ3v) is 5.45. The lowest BCUT2D eigenvalue weighted by molar-refractivity contribution is -0.157. The van der Waals surface area contributed by atoms with Crippen LogP contribution in [-0.2, 0) is 19.1 Å². The van der Waals surface area contributed by atoms with Gasteiger partial charge >= 0.3 is 11.9 Å². The maximum atomic E-state index is 12.1. The van der Waals surface area contributed by atoms with Crippen molar-refractivity contribution in [2.24, 2.45) is 23.2 Å². The minimum atomic E-state index is -0.438. The van der Waals surface area contributed by atoms with Crippen molar-refractivity contribution in [1.82, 2.24) is 0 Å². The standard InChI is InChI=1S/C21H34O4.C2H6/c1-14(9-8-10-15(2)21(3,4)5)16-11-12-17(19(22)24-6)18(13-16)20(23)25-7;1-2/h10-11,14,17-18H,8-9,12-13H2,1-7H3;1-2H3/b15-10+;. The first-order chi connectivity index (χ1) is 12.6. The first-order valence-electron chi connectivity index (χ1n) is 10.1. The maximum absolute atomic E-state index is 12.1. The molecule has 1 aliphatic carbocycles. The lowest BCUT2D eigenvalue weighted by atomic mass is 9.75. The van der Waals surface area contributed by atoms with Crippen LogP contribution in [0.5, 0.6) is 0 Å². The average Bonchev–Trinajstić information content (AvgIpc) is 2.66. The summed E-state index contributed by atoms with van der Waals surface area (Å²) in [5, 5.41) is 0. The van der Waals surface area contributed by atoms with Crippen LogP contribution in [-0.4, -0.2) is 26.2 Å². The van der Waals surface area contributed by atoms with E-state index in [2.05, 4.69) is 46.8 Å². The van der Waals surface area contributed by atoms with E-state index in [1.54, 1.807) is 0 Å². The minimum absolute atomic E-state index is 0.205. The molecule has 0 aromatic heterocycles. The second-order valence-corrected chi connectivity index (χ2v) is 8.09. The number of carbonyl (C=O) groups is 2. The van der Waals surface area contributed by atoms with E-state index in [1.807, 2.05) is 13.8 Å². The molecule has 0 radical (unpaired) electrons. The van der Waals surface area contributed by atoms with Gasteiger partial charge in [0.2, 0.25) is 0 Å². The SMILES string of the molecule is CC.COC(=O)C1CC=C(C(C)CC/C=C(\C)C(C)(C)C)CC1C(=O)OC. The number of ether oxygens (including phenoxy) is 2. The molecule has 4 nitrogen and oxygen atoms in total. The van der Waals surface area contributed by atoms with Crippen LogP contribution < -0.4 is 0 Å². The molecule has 0 aromatic carbocycles. The van der Waals surface area contributed by atoms with E-state index in [-0.39, 0.29) is 17.4 Å². The molecular formula is C23H40O4. The van der Waals surface area contributed by atoms with Gasteiger partial charge in [0.05, 0.1) is 26.1 Å². The Labute approximate surface area is 166 Å². The molecule has 1 aliphatic rings. The first kappa shape index (κ1) is 25.4. The fraction of sp³-hybridized carbons (Fsp3) is 0.739. The summed E-state index contributed by atoms with van der Waals surface area (Å²) in [6, 6.07) is 0. The largest absolute Gasteiger partial charge is 0.469 e. The number of hydrogen-bond acceptors (Lipinski definition) is 4. The summed E-state index contributed by atoms with van der Waals surface area (Å²) < 4.78 is 9.76. The molecule has 0 aromatic rings. The van der Waals surface area contributed by atoms with Crippen molar-refractivity contribution in [3.8, 4) is 0 Å². The highest BCUT2D eigenvalue weighted by molar-refractivity contribution is 5.82. The molecule has 3 unspecified atom stereocenters. The molecule has 0 saturated carbocycles. The van der Waals surface area contributed by atoms with Crippen LogP contribution in [0.4, 0.5) is 0 Å². The second-order valence-electron chi connectivity index (χ2n) is 8.09. The van der Waals surface area contributed by atoms with Crippen LogP contribution in [0.1, 0.15) is 74.1 Å². The van der Waals surface area contributed by atoms with Gasteiger partial charge in [0.1, 0.15) is 0 Å². The monoisotopic (exact) mass is 380 g/mol. The van der Waals surface area contributed by atoms with Gasteiger partial charge in [0.25, 0.3) is 0 Å². The number of hydrogen-bond donors (Lipinski definition) is 0. The summed E-state index contributed by atoms with van der Waals surface area (Å²) >= 11 is 0. The Hall–Kier alpha value is -1.58. The average molecular weight is 381 g/mol. The molecular weight excluding hydrogens is 340 g/mol. The van der Waals surface area contributed by atoms with Gasteiger partial charge in [-0.1, -0.05) is 64.8 Å². The van der Waals surface area contributed by atoms with Crippen molar-refractivity contribution in [2.75, 3.05) is 14.2 Å². The Balaban J connectivity index is 0.00000326. The Morgan fingerprint density at radius 1 is 1.15 bits per heavy atom. The van der Waals surface area contributed by atoms with Gasteiger partial charge in [0, 0.05) is 0 Å². The van der Waals surface area contributed by atoms with Crippen molar-refractivity contribution in [3.63, 3.8) is 0 Å². The Morgan fingerprint density at radius 3 is 2.15 bits per heavy atom. The van der Waals surface area contributed by atoms with Crippen LogP contribution in [0.3, 0.4) is 0 Å². The van der Waals surface area contributed by atoms with Gasteiger partial charge in [-0.05, 0) is 43.9 Å². The summed E-state index contributed by atoms with van der Waals surface area (Å²) in [5.41, 5.74) is 2.85. The summed E-state index contributed by atoms with van der Waals surface area (Å²) in [6.45, 7) is 15.0. The molecule has 0 bridgehead atoms. The van der Waals surface area contributed by atoms with Crippen molar-refractivity contribution >= 4 is 11.9 Å². The van der Waals surface area contributed by atoms with Crippen LogP contribution in [0.2, 0.25) is 0 Å². The van der Waals surface area contributed by atoms with E-state index in [0.29, 0.717) is 18.8 Å². The topological polar surface area (TPSA) is 52.6 Å². The van der Waals surface area contributed by atoms with E-state index >= 15 is 0 Å². The van der Waals surface area contributed by atoms with Crippen molar-refractivity contribution in [2.45, 2.75) is 74.1 Å². The van der Waals surface area contributed by atoms with Gasteiger partial charge in [0.15, 0.2) is 0 Å². The summed E-state index contributed by atoms with van der Waals surface area (Å²) in [7, 11) is 2.74. The first-order valence-corrected chi connectivity index (χ1v) is 10.1. The Kier molecular flexibility index (Phi) is 11.3. The van der Waals surface area contributed by atoms with E-state index in [9.17, 15) is 9.59 Å². The van der Waals surface area contributed by atoms with E-state index < -0.39 is 11.8 Å². The molecule has 3 atom stereocenters. The normalized spacial score (nSPS) is 21.4. The molecule has 0 spiro atoms. The highest BCUT2D eigenvalue weighted by Gasteiger charge is 2.38. The molecule has 156 valence electrons. The third-order valence-electron chi connectivity index (χ3n) is 5.45. The highest BCUT2D eigenvalue weighted by atomic mass is 16.5. The van der Waals surface area contributed by atoms with Crippen LogP contribution in [0.15, 0.2) is 23.3 Å². The molecule has 0 heterocycles. The predicted molar refractivity (Wildman–Crippen MR) is 111 cm³/mol. The van der Waals surface area contributed by atoms with Gasteiger partial charge in [-0.15, -0.1) is 0 Å².